The molecule has 0 spiro atoms. The van der Waals surface area contributed by atoms with Crippen molar-refractivity contribution in [1.29, 1.82) is 0 Å². The number of rotatable bonds is 8. The lowest BCUT2D eigenvalue weighted by atomic mass is 9.65. The normalized spacial score (nSPS) is 25.2. The Bertz CT molecular complexity index is 701. The summed E-state index contributed by atoms with van der Waals surface area (Å²) < 4.78 is 18.8. The quantitative estimate of drug-likeness (QED) is 0.667. The topological polar surface area (TPSA) is 58.6 Å². The molecule has 7 heteroatoms. The third-order valence-corrected chi connectivity index (χ3v) is 6.48. The lowest BCUT2D eigenvalue weighted by molar-refractivity contribution is -0.143. The van der Waals surface area contributed by atoms with E-state index in [-0.39, 0.29) is 28.2 Å². The van der Waals surface area contributed by atoms with Crippen LogP contribution in [0.15, 0.2) is 18.2 Å². The Hall–Kier alpha value is -1.66. The Balaban J connectivity index is 1.41. The van der Waals surface area contributed by atoms with Crippen LogP contribution in [-0.4, -0.2) is 49.4 Å². The Morgan fingerprint density at radius 3 is 2.71 bits per heavy atom. The molecule has 1 amide bonds. The average Bonchev–Trinajstić information content (AvgIpc) is 2.67. The van der Waals surface area contributed by atoms with Crippen molar-refractivity contribution in [2.75, 3.05) is 26.7 Å². The van der Waals surface area contributed by atoms with Crippen molar-refractivity contribution in [2.24, 2.45) is 11.8 Å². The van der Waals surface area contributed by atoms with Gasteiger partial charge in [-0.3, -0.25) is 4.79 Å². The summed E-state index contributed by atoms with van der Waals surface area (Å²) in [6.45, 7) is 1.99. The van der Waals surface area contributed by atoms with Gasteiger partial charge in [-0.1, -0.05) is 11.6 Å². The van der Waals surface area contributed by atoms with Crippen LogP contribution in [0.5, 0.6) is 5.75 Å². The molecule has 0 bridgehead atoms. The van der Waals surface area contributed by atoms with E-state index in [2.05, 4.69) is 5.32 Å². The van der Waals surface area contributed by atoms with E-state index >= 15 is 0 Å². The number of hydrogen-bond donors (Lipinski definition) is 1. The molecule has 0 radical (unpaired) electrons. The van der Waals surface area contributed by atoms with Gasteiger partial charge in [-0.25, -0.2) is 4.39 Å². The molecule has 5 nitrogen and oxygen atoms in total. The van der Waals surface area contributed by atoms with Gasteiger partial charge < -0.3 is 19.7 Å². The van der Waals surface area contributed by atoms with Gasteiger partial charge in [0.25, 0.3) is 0 Å². The lowest BCUT2D eigenvalue weighted by Crippen LogP contribution is -2.58. The van der Waals surface area contributed by atoms with Gasteiger partial charge >= 0.3 is 0 Å². The highest BCUT2D eigenvalue weighted by molar-refractivity contribution is 6.32. The van der Waals surface area contributed by atoms with Crippen molar-refractivity contribution in [3.05, 3.63) is 29.0 Å². The maximum atomic E-state index is 13.1. The van der Waals surface area contributed by atoms with Crippen LogP contribution < -0.4 is 10.1 Å². The second-order valence-electron chi connectivity index (χ2n) is 8.00. The summed E-state index contributed by atoms with van der Waals surface area (Å²) in [5, 5.41) is 3.58. The average molecular weight is 411 g/mol. The van der Waals surface area contributed by atoms with E-state index in [9.17, 15) is 14.0 Å². The van der Waals surface area contributed by atoms with E-state index in [1.54, 1.807) is 6.07 Å². The molecule has 1 saturated carbocycles. The first kappa shape index (κ1) is 21.1. The highest BCUT2D eigenvalue weighted by atomic mass is 35.5. The van der Waals surface area contributed by atoms with Crippen molar-refractivity contribution in [2.45, 2.75) is 44.1 Å². The number of ether oxygens (including phenoxy) is 1. The molecule has 154 valence electrons. The maximum Gasteiger partial charge on any atom is 0.225 e. The largest absolute Gasteiger partial charge is 0.492 e. The van der Waals surface area contributed by atoms with Crippen molar-refractivity contribution >= 4 is 23.8 Å². The summed E-state index contributed by atoms with van der Waals surface area (Å²) in [5.41, 5.74) is -0.0537. The zero-order valence-corrected chi connectivity index (χ0v) is 17.0. The van der Waals surface area contributed by atoms with Crippen molar-refractivity contribution in [3.8, 4) is 5.75 Å². The molecule has 0 unspecified atom stereocenters. The molecule has 1 aliphatic heterocycles. The molecule has 2 fully saturated rings. The van der Waals surface area contributed by atoms with Gasteiger partial charge in [0, 0.05) is 31.0 Å². The highest BCUT2D eigenvalue weighted by Gasteiger charge is 2.47. The number of carbonyl (C=O) groups excluding carboxylic acids is 2. The molecule has 0 aromatic heterocycles. The molecule has 1 aliphatic carbocycles. The minimum Gasteiger partial charge on any atom is -0.492 e. The van der Waals surface area contributed by atoms with Gasteiger partial charge in [0.1, 0.15) is 17.9 Å². The van der Waals surface area contributed by atoms with E-state index < -0.39 is 0 Å². The highest BCUT2D eigenvalue weighted by Crippen LogP contribution is 2.42. The van der Waals surface area contributed by atoms with Crippen LogP contribution in [0, 0.1) is 17.7 Å². The smallest absolute Gasteiger partial charge is 0.225 e. The first-order chi connectivity index (χ1) is 13.5. The predicted molar refractivity (Wildman–Crippen MR) is 106 cm³/mol. The first-order valence-corrected chi connectivity index (χ1v) is 10.3. The number of halogens is 2. The minimum absolute atomic E-state index is 0.0537. The monoisotopic (exact) mass is 410 g/mol. The Morgan fingerprint density at radius 2 is 2.11 bits per heavy atom. The number of amides is 1. The van der Waals surface area contributed by atoms with Gasteiger partial charge in [-0.05, 0) is 63.3 Å². The second kappa shape index (κ2) is 9.23. The molecule has 28 heavy (non-hydrogen) atoms. The Kier molecular flexibility index (Phi) is 6.94. The summed E-state index contributed by atoms with van der Waals surface area (Å²) in [5.74, 6) is 0.766. The van der Waals surface area contributed by atoms with Crippen LogP contribution in [0.2, 0.25) is 5.02 Å². The first-order valence-electron chi connectivity index (χ1n) is 9.95. The van der Waals surface area contributed by atoms with Gasteiger partial charge in [-0.15, -0.1) is 0 Å². The molecule has 1 heterocycles. The predicted octanol–water partition coefficient (Wildman–Crippen LogP) is 3.44. The number of aldehydes is 1. The van der Waals surface area contributed by atoms with Crippen molar-refractivity contribution < 1.29 is 18.7 Å². The molecule has 0 atom stereocenters. The minimum atomic E-state index is -0.381. The number of benzene rings is 1. The fourth-order valence-electron chi connectivity index (χ4n) is 4.30. The molecular formula is C21H28ClFN2O3. The fraction of sp³-hybridized carbons (Fsp3) is 0.619. The van der Waals surface area contributed by atoms with Crippen LogP contribution in [0.3, 0.4) is 0 Å². The third kappa shape index (κ3) is 4.84. The van der Waals surface area contributed by atoms with E-state index in [0.29, 0.717) is 24.7 Å². The van der Waals surface area contributed by atoms with Crippen LogP contribution in [-0.2, 0) is 9.59 Å². The molecule has 1 aromatic rings. The zero-order valence-electron chi connectivity index (χ0n) is 16.3. The summed E-state index contributed by atoms with van der Waals surface area (Å²) in [4.78, 5) is 25.4. The standard InChI is InChI=1S/C21H28ClFN2O3/c1-24-21(7-2-10-26)12-16(13-21)20(27)25-8-5-15(6-9-25)14-28-19-4-3-17(23)11-18(19)22/h3-4,10-11,15-16,24H,2,5-9,12-14H2,1H3/t16-,21+. The van der Waals surface area contributed by atoms with Crippen molar-refractivity contribution in [3.63, 3.8) is 0 Å². The second-order valence-corrected chi connectivity index (χ2v) is 8.40. The van der Waals surface area contributed by atoms with E-state index in [4.69, 9.17) is 16.3 Å². The number of nitrogens with one attached hydrogen (secondary N) is 1. The van der Waals surface area contributed by atoms with Crippen LogP contribution in [0.1, 0.15) is 38.5 Å². The zero-order chi connectivity index (χ0) is 20.1. The number of nitrogens with zero attached hydrogens (tertiary/aromatic N) is 1. The summed E-state index contributed by atoms with van der Waals surface area (Å²) >= 11 is 5.99. The van der Waals surface area contributed by atoms with Crippen LogP contribution in [0.4, 0.5) is 4.39 Å². The van der Waals surface area contributed by atoms with Gasteiger partial charge in [0.05, 0.1) is 11.6 Å². The molecule has 3 rings (SSSR count). The summed E-state index contributed by atoms with van der Waals surface area (Å²) in [6, 6.07) is 4.13. The molecule has 2 aliphatic rings. The number of likely N-dealkylation sites (tertiary alicyclic amines) is 1. The fourth-order valence-corrected chi connectivity index (χ4v) is 4.53. The van der Waals surface area contributed by atoms with E-state index in [0.717, 1.165) is 51.5 Å². The summed E-state index contributed by atoms with van der Waals surface area (Å²) in [6.07, 6.45) is 5.66. The van der Waals surface area contributed by atoms with Gasteiger partial charge in [-0.2, -0.15) is 0 Å². The molecule has 1 N–H and O–H groups in total. The van der Waals surface area contributed by atoms with Crippen LogP contribution >= 0.6 is 11.6 Å². The Morgan fingerprint density at radius 1 is 1.39 bits per heavy atom. The van der Waals surface area contributed by atoms with Crippen molar-refractivity contribution in [1.82, 2.24) is 10.2 Å². The molecular weight excluding hydrogens is 383 g/mol. The SMILES string of the molecule is CN[C@]1(CCC=O)C[C@H](C(=O)N2CCC(COc3ccc(F)cc3Cl)CC2)C1. The van der Waals surface area contributed by atoms with E-state index in [1.165, 1.54) is 12.1 Å². The number of carbonyl (C=O) groups is 2. The van der Waals surface area contributed by atoms with Gasteiger partial charge in [0.2, 0.25) is 5.91 Å². The lowest BCUT2D eigenvalue weighted by Gasteiger charge is -2.48. The third-order valence-electron chi connectivity index (χ3n) is 6.19. The number of hydrogen-bond acceptors (Lipinski definition) is 4. The summed E-state index contributed by atoms with van der Waals surface area (Å²) in [7, 11) is 1.91. The van der Waals surface area contributed by atoms with Gasteiger partial charge in [0.15, 0.2) is 0 Å². The number of piperidine rings is 1. The van der Waals surface area contributed by atoms with E-state index in [1.807, 2.05) is 11.9 Å². The molecule has 1 saturated heterocycles. The Labute approximate surface area is 170 Å². The molecule has 1 aromatic carbocycles. The maximum absolute atomic E-state index is 13.1. The van der Waals surface area contributed by atoms with Crippen LogP contribution in [0.25, 0.3) is 0 Å².